The van der Waals surface area contributed by atoms with Gasteiger partial charge in [-0.1, -0.05) is 105 Å². The van der Waals surface area contributed by atoms with Crippen molar-refractivity contribution < 1.29 is 68.1 Å². The van der Waals surface area contributed by atoms with Crippen LogP contribution in [0.25, 0.3) is 0 Å². The molecule has 3 fully saturated rings. The summed E-state index contributed by atoms with van der Waals surface area (Å²) in [7, 11) is 0. The third kappa shape index (κ3) is 7.99. The molecule has 1 amide bonds. The Balaban J connectivity index is 1.36. The van der Waals surface area contributed by atoms with Gasteiger partial charge in [-0.05, 0) is 36.1 Å². The number of rotatable bonds is 12. The normalized spacial score (nSPS) is 32.2. The maximum Gasteiger partial charge on any atom is 0.338 e. The van der Waals surface area contributed by atoms with E-state index in [9.17, 15) is 39.6 Å². The summed E-state index contributed by atoms with van der Waals surface area (Å²) >= 11 is 0. The molecule has 12 atom stereocenters. The monoisotopic (exact) mass is 869 g/mol. The predicted molar refractivity (Wildman–Crippen MR) is 223 cm³/mol. The number of fused-ring (bicyclic) bond motifs is 5. The lowest BCUT2D eigenvalue weighted by molar-refractivity contribution is -0.361. The number of ketones is 1. The highest BCUT2D eigenvalue weighted by Crippen LogP contribution is 2.64. The number of nitrogens with one attached hydrogen (secondary N) is 1. The van der Waals surface area contributed by atoms with E-state index in [1.807, 2.05) is 6.07 Å². The maximum absolute atomic E-state index is 15.5. The summed E-state index contributed by atoms with van der Waals surface area (Å²) in [6.07, 6.45) is -12.0. The fourth-order valence-corrected chi connectivity index (χ4v) is 10.5. The molecule has 15 nitrogen and oxygen atoms in total. The highest BCUT2D eigenvalue weighted by molar-refractivity contribution is 5.95. The lowest BCUT2D eigenvalue weighted by atomic mass is 9.44. The first kappa shape index (κ1) is 45.7. The summed E-state index contributed by atoms with van der Waals surface area (Å²) in [6, 6.07) is 24.2. The number of esters is 3. The van der Waals surface area contributed by atoms with E-state index in [2.05, 4.69) is 5.32 Å². The van der Waals surface area contributed by atoms with Crippen molar-refractivity contribution in [2.45, 2.75) is 121 Å². The van der Waals surface area contributed by atoms with E-state index >= 15 is 4.79 Å². The summed E-state index contributed by atoms with van der Waals surface area (Å²) < 4.78 is 30.6. The molecule has 1 heterocycles. The van der Waals surface area contributed by atoms with Crippen LogP contribution in [0.15, 0.2) is 102 Å². The van der Waals surface area contributed by atoms with Crippen LogP contribution in [0.5, 0.6) is 0 Å². The molecule has 0 aromatic heterocycles. The van der Waals surface area contributed by atoms with Crippen LogP contribution in [0.1, 0.15) is 83.4 Å². The lowest BCUT2D eigenvalue weighted by Gasteiger charge is -2.68. The van der Waals surface area contributed by atoms with Gasteiger partial charge in [0.15, 0.2) is 29.9 Å². The SMILES string of the molecule is CC(=O)O[C@H]1C(=O)[C@@]2(C)[C@H]([C@H](OC(O)c3ccccc3)[C@@]3(O)C[C@@H](OC(=O)[C@H](O)[C@@H](NC(=O)Cc4ccccc4)c4ccccc4)C(C)=C1C3(C)C)[C@]1(OC(C)=O)CO[C@H]1C[C@@H]2O. The van der Waals surface area contributed by atoms with E-state index in [4.69, 9.17) is 23.7 Å². The Hall–Kier alpha value is -5.29. The van der Waals surface area contributed by atoms with Crippen molar-refractivity contribution in [3.63, 3.8) is 0 Å². The van der Waals surface area contributed by atoms with Crippen molar-refractivity contribution >= 4 is 29.6 Å². The molecule has 1 unspecified atom stereocenters. The Bertz CT molecular complexity index is 2250. The van der Waals surface area contributed by atoms with Crippen LogP contribution in [-0.4, -0.2) is 104 Å². The molecule has 15 heteroatoms. The zero-order chi connectivity index (χ0) is 45.6. The van der Waals surface area contributed by atoms with Gasteiger partial charge < -0.3 is 49.4 Å². The fourth-order valence-electron chi connectivity index (χ4n) is 10.5. The zero-order valence-electron chi connectivity index (χ0n) is 36.1. The minimum atomic E-state index is -2.33. The number of aliphatic hydroxyl groups excluding tert-OH is 3. The van der Waals surface area contributed by atoms with E-state index in [0.717, 1.165) is 6.92 Å². The Labute approximate surface area is 365 Å². The second kappa shape index (κ2) is 17.4. The fraction of sp³-hybridized carbons (Fsp3) is 0.479. The molecule has 2 saturated carbocycles. The van der Waals surface area contributed by atoms with E-state index in [1.165, 1.54) is 13.8 Å². The minimum absolute atomic E-state index is 0.0303. The average molecular weight is 870 g/mol. The van der Waals surface area contributed by atoms with Crippen LogP contribution in [0, 0.1) is 16.7 Å². The van der Waals surface area contributed by atoms with E-state index in [-0.39, 0.29) is 36.2 Å². The number of amides is 1. The Morgan fingerprint density at radius 3 is 2.00 bits per heavy atom. The lowest BCUT2D eigenvalue weighted by Crippen LogP contribution is -2.81. The van der Waals surface area contributed by atoms with E-state index in [1.54, 1.807) is 106 Å². The molecule has 3 aromatic rings. The third-order valence-electron chi connectivity index (χ3n) is 13.8. The maximum atomic E-state index is 15.5. The molecule has 1 aliphatic heterocycles. The van der Waals surface area contributed by atoms with Gasteiger partial charge in [0.05, 0.1) is 36.7 Å². The van der Waals surface area contributed by atoms with Gasteiger partial charge in [0, 0.05) is 43.6 Å². The van der Waals surface area contributed by atoms with Crippen molar-refractivity contribution in [3.05, 3.63) is 119 Å². The second-order valence-corrected chi connectivity index (χ2v) is 17.9. The third-order valence-corrected chi connectivity index (χ3v) is 13.8. The first-order valence-corrected chi connectivity index (χ1v) is 21.1. The summed E-state index contributed by atoms with van der Waals surface area (Å²) in [6.45, 7) is 8.16. The first-order valence-electron chi connectivity index (χ1n) is 21.1. The standard InChI is InChI=1S/C48H55NO14/c1-26-32(61-44(57)38(54)37(30-18-12-8-13-19-30)49-35(53)22-29-16-10-7-11-17-29)24-48(58)42(62-43(56)31-20-14-9-15-21-31)40-46(6,33(52)23-34-47(40,25-59-34)63-28(3)51)41(55)39(60-27(2)50)36(26)45(48,4)5/h7-21,32-34,37-40,42-43,52,54,56,58H,22-25H2,1-6H3,(H,49,53)/t32-,33+,34+,37+,38-,39-,40+,42+,43?,46-,47+,48+/m1/s1. The number of aliphatic hydroxyl groups is 4. The number of carbonyl (C=O) groups is 5. The molecule has 63 heavy (non-hydrogen) atoms. The molecule has 336 valence electrons. The number of hydrogen-bond acceptors (Lipinski definition) is 14. The zero-order valence-corrected chi connectivity index (χ0v) is 36.1. The minimum Gasteiger partial charge on any atom is -0.456 e. The van der Waals surface area contributed by atoms with Gasteiger partial charge in [-0.15, -0.1) is 0 Å². The number of ether oxygens (including phenoxy) is 5. The molecular formula is C48H55NO14. The van der Waals surface area contributed by atoms with Gasteiger partial charge in [-0.3, -0.25) is 19.2 Å². The molecule has 4 aliphatic rings. The topological polar surface area (TPSA) is 224 Å². The van der Waals surface area contributed by atoms with Gasteiger partial charge in [0.1, 0.15) is 17.8 Å². The van der Waals surface area contributed by atoms with Gasteiger partial charge >= 0.3 is 17.9 Å². The molecular weight excluding hydrogens is 815 g/mol. The van der Waals surface area contributed by atoms with Gasteiger partial charge in [0.2, 0.25) is 5.91 Å². The van der Waals surface area contributed by atoms with Crippen molar-refractivity contribution in [2.24, 2.45) is 16.7 Å². The van der Waals surface area contributed by atoms with Gasteiger partial charge in [-0.2, -0.15) is 0 Å². The first-order chi connectivity index (χ1) is 29.8. The van der Waals surface area contributed by atoms with Gasteiger partial charge in [-0.25, -0.2) is 4.79 Å². The Morgan fingerprint density at radius 2 is 1.44 bits per heavy atom. The molecule has 0 spiro atoms. The molecule has 7 rings (SSSR count). The van der Waals surface area contributed by atoms with Gasteiger partial charge in [0.25, 0.3) is 0 Å². The summed E-state index contributed by atoms with van der Waals surface area (Å²) in [5, 5.41) is 52.2. The highest BCUT2D eigenvalue weighted by atomic mass is 16.6. The number of benzene rings is 3. The molecule has 5 N–H and O–H groups in total. The average Bonchev–Trinajstić information content (AvgIpc) is 3.24. The van der Waals surface area contributed by atoms with Crippen molar-refractivity contribution in [1.82, 2.24) is 5.32 Å². The van der Waals surface area contributed by atoms with Crippen molar-refractivity contribution in [1.29, 1.82) is 0 Å². The van der Waals surface area contributed by atoms with E-state index in [0.29, 0.717) is 11.1 Å². The molecule has 3 aromatic carbocycles. The summed E-state index contributed by atoms with van der Waals surface area (Å²) in [5.74, 6) is -5.65. The predicted octanol–water partition coefficient (Wildman–Crippen LogP) is 3.52. The van der Waals surface area contributed by atoms with Crippen LogP contribution < -0.4 is 5.32 Å². The van der Waals surface area contributed by atoms with E-state index < -0.39 is 113 Å². The molecule has 2 bridgehead atoms. The quantitative estimate of drug-likeness (QED) is 0.0761. The summed E-state index contributed by atoms with van der Waals surface area (Å²) in [4.78, 5) is 69.3. The molecule has 3 aliphatic carbocycles. The van der Waals surface area contributed by atoms with Crippen LogP contribution in [0.4, 0.5) is 0 Å². The molecule has 1 saturated heterocycles. The largest absolute Gasteiger partial charge is 0.456 e. The molecule has 0 radical (unpaired) electrons. The van der Waals surface area contributed by atoms with Crippen LogP contribution >= 0.6 is 0 Å². The van der Waals surface area contributed by atoms with Crippen LogP contribution in [0.3, 0.4) is 0 Å². The number of Topliss-reactive ketones (excluding diaryl/α,β-unsaturated/α-hetero) is 1. The second-order valence-electron chi connectivity index (χ2n) is 17.9. The summed E-state index contributed by atoms with van der Waals surface area (Å²) in [5.41, 5.74) is -6.11. The van der Waals surface area contributed by atoms with Crippen molar-refractivity contribution in [2.75, 3.05) is 6.61 Å². The van der Waals surface area contributed by atoms with Crippen LogP contribution in [-0.2, 0) is 54.1 Å². The Kier molecular flexibility index (Phi) is 12.6. The number of hydrogen-bond donors (Lipinski definition) is 5. The van der Waals surface area contributed by atoms with Crippen LogP contribution in [0.2, 0.25) is 0 Å². The smallest absolute Gasteiger partial charge is 0.338 e. The Morgan fingerprint density at radius 1 is 0.857 bits per heavy atom. The number of carbonyl (C=O) groups excluding carboxylic acids is 5. The highest BCUT2D eigenvalue weighted by Gasteiger charge is 2.78. The van der Waals surface area contributed by atoms with Crippen molar-refractivity contribution in [3.8, 4) is 0 Å².